The van der Waals surface area contributed by atoms with Crippen LogP contribution in [0.2, 0.25) is 0 Å². The second-order valence-electron chi connectivity index (χ2n) is 3.95. The van der Waals surface area contributed by atoms with E-state index in [1.54, 1.807) is 31.3 Å². The van der Waals surface area contributed by atoms with Gasteiger partial charge in [-0.15, -0.1) is 0 Å². The Kier molecular flexibility index (Phi) is 3.01. The van der Waals surface area contributed by atoms with Gasteiger partial charge in [0.05, 0.1) is 21.9 Å². The zero-order chi connectivity index (χ0) is 12.4. The van der Waals surface area contributed by atoms with Crippen LogP contribution in [-0.2, 0) is 6.42 Å². The topological polar surface area (TPSA) is 76.3 Å². The van der Waals surface area contributed by atoms with Crippen LogP contribution in [0.3, 0.4) is 0 Å². The summed E-state index contributed by atoms with van der Waals surface area (Å²) in [7, 11) is 0. The molecule has 0 saturated carbocycles. The van der Waals surface area contributed by atoms with Crippen molar-refractivity contribution in [3.63, 3.8) is 0 Å². The van der Waals surface area contributed by atoms with E-state index in [4.69, 9.17) is 0 Å². The Morgan fingerprint density at radius 1 is 1.47 bits per heavy atom. The van der Waals surface area contributed by atoms with E-state index in [0.29, 0.717) is 17.3 Å². The SMILES string of the molecule is CC(O)Cc1ccc([N+](=O)[O-])c2cccnc12. The lowest BCUT2D eigenvalue weighted by Crippen LogP contribution is -2.05. The second-order valence-corrected chi connectivity index (χ2v) is 3.95. The van der Waals surface area contributed by atoms with Gasteiger partial charge >= 0.3 is 0 Å². The van der Waals surface area contributed by atoms with Gasteiger partial charge in [-0.1, -0.05) is 0 Å². The molecule has 1 aromatic heterocycles. The molecule has 0 amide bonds. The van der Waals surface area contributed by atoms with E-state index in [2.05, 4.69) is 4.98 Å². The molecule has 0 aliphatic heterocycles. The summed E-state index contributed by atoms with van der Waals surface area (Å²) >= 11 is 0. The number of aliphatic hydroxyl groups is 1. The monoisotopic (exact) mass is 232 g/mol. The number of aromatic nitrogens is 1. The molecule has 0 saturated heterocycles. The van der Waals surface area contributed by atoms with E-state index in [1.165, 1.54) is 6.07 Å². The number of benzene rings is 1. The first-order chi connectivity index (χ1) is 8.09. The van der Waals surface area contributed by atoms with Crippen LogP contribution in [0.25, 0.3) is 10.9 Å². The number of non-ortho nitro benzene ring substituents is 1. The smallest absolute Gasteiger partial charge is 0.278 e. The zero-order valence-corrected chi connectivity index (χ0v) is 9.33. The third kappa shape index (κ3) is 2.24. The summed E-state index contributed by atoms with van der Waals surface area (Å²) in [6.07, 6.45) is 1.53. The number of hydrogen-bond acceptors (Lipinski definition) is 4. The molecule has 0 aliphatic rings. The van der Waals surface area contributed by atoms with Crippen molar-refractivity contribution in [1.82, 2.24) is 4.98 Å². The average molecular weight is 232 g/mol. The summed E-state index contributed by atoms with van der Waals surface area (Å²) in [6.45, 7) is 1.68. The summed E-state index contributed by atoms with van der Waals surface area (Å²) in [5.74, 6) is 0. The number of rotatable bonds is 3. The highest BCUT2D eigenvalue weighted by Crippen LogP contribution is 2.27. The molecule has 0 aliphatic carbocycles. The Bertz CT molecular complexity index is 567. The van der Waals surface area contributed by atoms with E-state index in [9.17, 15) is 15.2 Å². The molecule has 1 heterocycles. The van der Waals surface area contributed by atoms with Crippen molar-refractivity contribution < 1.29 is 10.0 Å². The lowest BCUT2D eigenvalue weighted by atomic mass is 10.0. The Morgan fingerprint density at radius 3 is 2.88 bits per heavy atom. The molecule has 1 atom stereocenters. The third-order valence-electron chi connectivity index (χ3n) is 2.54. The van der Waals surface area contributed by atoms with Crippen molar-refractivity contribution in [2.75, 3.05) is 0 Å². The average Bonchev–Trinajstić information content (AvgIpc) is 2.28. The number of nitro groups is 1. The van der Waals surface area contributed by atoms with E-state index in [0.717, 1.165) is 5.56 Å². The minimum absolute atomic E-state index is 0.0439. The predicted molar refractivity (Wildman–Crippen MR) is 63.8 cm³/mol. The molecule has 1 aromatic carbocycles. The van der Waals surface area contributed by atoms with Crippen molar-refractivity contribution in [3.8, 4) is 0 Å². The Balaban J connectivity index is 2.66. The highest BCUT2D eigenvalue weighted by atomic mass is 16.6. The maximum absolute atomic E-state index is 10.9. The van der Waals surface area contributed by atoms with Crippen LogP contribution in [0.5, 0.6) is 0 Å². The molecule has 2 rings (SSSR count). The standard InChI is InChI=1S/C12H12N2O3/c1-8(15)7-9-4-5-11(14(16)17)10-3-2-6-13-12(9)10/h2-6,8,15H,7H2,1H3. The number of hydrogen-bond donors (Lipinski definition) is 1. The minimum atomic E-state index is -0.498. The maximum Gasteiger partial charge on any atom is 0.278 e. The molecule has 0 radical (unpaired) electrons. The second kappa shape index (κ2) is 4.47. The molecule has 2 aromatic rings. The molecular weight excluding hydrogens is 220 g/mol. The normalized spacial score (nSPS) is 12.6. The van der Waals surface area contributed by atoms with Gasteiger partial charge in [0.25, 0.3) is 5.69 Å². The quantitative estimate of drug-likeness (QED) is 0.649. The number of aliphatic hydroxyl groups excluding tert-OH is 1. The lowest BCUT2D eigenvalue weighted by molar-refractivity contribution is -0.383. The first-order valence-electron chi connectivity index (χ1n) is 5.28. The fourth-order valence-electron chi connectivity index (χ4n) is 1.86. The van der Waals surface area contributed by atoms with Crippen LogP contribution >= 0.6 is 0 Å². The molecule has 0 fully saturated rings. The van der Waals surface area contributed by atoms with Gasteiger partial charge in [-0.05, 0) is 30.7 Å². The number of nitrogens with zero attached hydrogens (tertiary/aromatic N) is 2. The van der Waals surface area contributed by atoms with Gasteiger partial charge in [0.2, 0.25) is 0 Å². The van der Waals surface area contributed by atoms with E-state index >= 15 is 0 Å². The molecule has 17 heavy (non-hydrogen) atoms. The molecule has 1 unspecified atom stereocenters. The van der Waals surface area contributed by atoms with Crippen molar-refractivity contribution in [1.29, 1.82) is 0 Å². The van der Waals surface area contributed by atoms with Crippen molar-refractivity contribution in [2.45, 2.75) is 19.4 Å². The molecule has 0 spiro atoms. The number of nitro benzene ring substituents is 1. The number of pyridine rings is 1. The molecule has 5 nitrogen and oxygen atoms in total. The third-order valence-corrected chi connectivity index (χ3v) is 2.54. The summed E-state index contributed by atoms with van der Waals surface area (Å²) in [4.78, 5) is 14.6. The van der Waals surface area contributed by atoms with Gasteiger partial charge < -0.3 is 5.11 Å². The van der Waals surface area contributed by atoms with E-state index in [1.807, 2.05) is 0 Å². The van der Waals surface area contributed by atoms with Gasteiger partial charge in [0.15, 0.2) is 0 Å². The van der Waals surface area contributed by atoms with E-state index < -0.39 is 11.0 Å². The van der Waals surface area contributed by atoms with Crippen molar-refractivity contribution >= 4 is 16.6 Å². The van der Waals surface area contributed by atoms with Crippen LogP contribution < -0.4 is 0 Å². The summed E-state index contributed by atoms with van der Waals surface area (Å²) < 4.78 is 0. The molecule has 1 N–H and O–H groups in total. The minimum Gasteiger partial charge on any atom is -0.393 e. The van der Waals surface area contributed by atoms with Crippen molar-refractivity contribution in [2.24, 2.45) is 0 Å². The first kappa shape index (κ1) is 11.5. The molecule has 5 heteroatoms. The molecule has 0 bridgehead atoms. The van der Waals surface area contributed by atoms with E-state index in [-0.39, 0.29) is 5.69 Å². The van der Waals surface area contributed by atoms with Crippen molar-refractivity contribution in [3.05, 3.63) is 46.1 Å². The zero-order valence-electron chi connectivity index (χ0n) is 9.33. The number of fused-ring (bicyclic) bond motifs is 1. The van der Waals surface area contributed by atoms with Gasteiger partial charge in [0.1, 0.15) is 0 Å². The summed E-state index contributed by atoms with van der Waals surface area (Å²) in [5.41, 5.74) is 1.45. The summed E-state index contributed by atoms with van der Waals surface area (Å²) in [6, 6.07) is 6.45. The van der Waals surface area contributed by atoms with Crippen LogP contribution in [-0.4, -0.2) is 21.1 Å². The Morgan fingerprint density at radius 2 is 2.24 bits per heavy atom. The first-order valence-corrected chi connectivity index (χ1v) is 5.28. The molecule has 88 valence electrons. The summed E-state index contributed by atoms with van der Waals surface area (Å²) in [5, 5.41) is 20.8. The lowest BCUT2D eigenvalue weighted by Gasteiger charge is -2.07. The van der Waals surface area contributed by atoms with Gasteiger partial charge in [0, 0.05) is 18.7 Å². The van der Waals surface area contributed by atoms with Gasteiger partial charge in [-0.2, -0.15) is 0 Å². The van der Waals surface area contributed by atoms with Crippen LogP contribution in [0, 0.1) is 10.1 Å². The largest absolute Gasteiger partial charge is 0.393 e. The highest BCUT2D eigenvalue weighted by Gasteiger charge is 2.15. The van der Waals surface area contributed by atoms with Crippen LogP contribution in [0.4, 0.5) is 5.69 Å². The Hall–Kier alpha value is -2.01. The fraction of sp³-hybridized carbons (Fsp3) is 0.250. The molecular formula is C12H12N2O3. The maximum atomic E-state index is 10.9. The van der Waals surface area contributed by atoms with Gasteiger partial charge in [-0.25, -0.2) is 0 Å². The van der Waals surface area contributed by atoms with Crippen LogP contribution in [0.1, 0.15) is 12.5 Å². The fourth-order valence-corrected chi connectivity index (χ4v) is 1.86. The van der Waals surface area contributed by atoms with Crippen LogP contribution in [0.15, 0.2) is 30.5 Å². The Labute approximate surface area is 97.9 Å². The highest BCUT2D eigenvalue weighted by molar-refractivity contribution is 5.90. The predicted octanol–water partition coefficient (Wildman–Crippen LogP) is 2.07. The van der Waals surface area contributed by atoms with Gasteiger partial charge in [-0.3, -0.25) is 15.1 Å².